The Balaban J connectivity index is 4.14. The average Bonchev–Trinajstić information content (AvgIpc) is 3.68. The summed E-state index contributed by atoms with van der Waals surface area (Å²) in [6.07, 6.45) is 102. The van der Waals surface area contributed by atoms with Crippen molar-refractivity contribution in [3.05, 3.63) is 170 Å². The molecule has 0 bridgehead atoms. The molecule has 0 rings (SSSR count). The molecule has 9 nitrogen and oxygen atoms in total. The number of likely N-dealkylation sites (N-methyl/N-ethyl adjacent to an activating group) is 1. The van der Waals surface area contributed by atoms with Gasteiger partial charge in [-0.25, -0.2) is 4.57 Å². The van der Waals surface area contributed by atoms with Crippen LogP contribution in [0.3, 0.4) is 0 Å². The van der Waals surface area contributed by atoms with Gasteiger partial charge in [-0.15, -0.1) is 0 Å². The van der Waals surface area contributed by atoms with Crippen LogP contribution in [-0.4, -0.2) is 74.9 Å². The minimum absolute atomic E-state index is 0.0213. The van der Waals surface area contributed by atoms with Gasteiger partial charge in [0.25, 0.3) is 0 Å². The highest BCUT2D eigenvalue weighted by atomic mass is 31.2. The second-order valence-corrected chi connectivity index (χ2v) is 25.3. The second-order valence-electron chi connectivity index (χ2n) is 23.8. The molecule has 0 fully saturated rings. The standard InChI is InChI=1S/C78H128NO8P/c1-6-8-10-12-14-16-18-20-22-24-26-28-30-32-33-34-35-36-37-38-39-40-41-42-43-44-45-47-49-51-53-55-57-59-61-63-65-67-69-71-78(81)87-76(75-86-88(82,83)85-73-72-79(3,4)5)74-84-77(80)70-68-66-64-62-60-58-56-54-52-50-48-46-31-29-27-25-23-21-19-17-15-13-11-9-7-2/h8-11,14-17,20-23,26-29,32-33,35-36,38-39,41-42,44-45,49,51,76H,6-7,12-13,18-19,24-25,30-31,34,37,40,43,46-48,50,52-75H2,1-5H3/p+1/b10-8-,11-9-,16-14-,17-15-,22-20-,23-21-,28-26-,29-27-,33-32-,36-35-,39-38-,42-41-,45-44-,51-49-. The Hall–Kier alpha value is -4.63. The van der Waals surface area contributed by atoms with Crippen LogP contribution in [0, 0.1) is 0 Å². The molecule has 0 aliphatic rings. The van der Waals surface area contributed by atoms with Gasteiger partial charge in [-0.05, 0) is 128 Å². The van der Waals surface area contributed by atoms with Crippen molar-refractivity contribution in [3.63, 3.8) is 0 Å². The van der Waals surface area contributed by atoms with Crippen molar-refractivity contribution >= 4 is 19.8 Å². The van der Waals surface area contributed by atoms with Crippen LogP contribution < -0.4 is 0 Å². The van der Waals surface area contributed by atoms with Gasteiger partial charge in [-0.2, -0.15) is 0 Å². The third-order valence-electron chi connectivity index (χ3n) is 14.2. The van der Waals surface area contributed by atoms with Gasteiger partial charge in [0.2, 0.25) is 0 Å². The predicted octanol–water partition coefficient (Wildman–Crippen LogP) is 22.9. The van der Waals surface area contributed by atoms with Crippen LogP contribution in [0.15, 0.2) is 170 Å². The van der Waals surface area contributed by atoms with Crippen LogP contribution in [0.25, 0.3) is 0 Å². The lowest BCUT2D eigenvalue weighted by molar-refractivity contribution is -0.870. The summed E-state index contributed by atoms with van der Waals surface area (Å²) in [5.41, 5.74) is 0. The van der Waals surface area contributed by atoms with E-state index in [1.165, 1.54) is 89.9 Å². The third kappa shape index (κ3) is 70.5. The number of nitrogens with zero attached hydrogens (tertiary/aromatic N) is 1. The van der Waals surface area contributed by atoms with Crippen molar-refractivity contribution < 1.29 is 42.1 Å². The lowest BCUT2D eigenvalue weighted by Crippen LogP contribution is -2.37. The molecule has 2 atom stereocenters. The number of phosphoric ester groups is 1. The van der Waals surface area contributed by atoms with Crippen molar-refractivity contribution in [1.29, 1.82) is 0 Å². The lowest BCUT2D eigenvalue weighted by Gasteiger charge is -2.24. The Labute approximate surface area is 540 Å². The third-order valence-corrected chi connectivity index (χ3v) is 15.2. The minimum Gasteiger partial charge on any atom is -0.462 e. The number of phosphoric acid groups is 1. The molecular formula is C78H129NO8P+. The smallest absolute Gasteiger partial charge is 0.462 e. The van der Waals surface area contributed by atoms with Crippen molar-refractivity contribution in [2.45, 2.75) is 264 Å². The van der Waals surface area contributed by atoms with Gasteiger partial charge in [0, 0.05) is 12.8 Å². The number of esters is 2. The number of rotatable bonds is 62. The zero-order valence-electron chi connectivity index (χ0n) is 56.6. The Kier molecular flexibility index (Phi) is 63.3. The number of quaternary nitrogens is 1. The Morgan fingerprint density at radius 1 is 0.352 bits per heavy atom. The highest BCUT2D eigenvalue weighted by molar-refractivity contribution is 7.47. The first-order chi connectivity index (χ1) is 43.0. The van der Waals surface area contributed by atoms with Gasteiger partial charge in [0.1, 0.15) is 19.8 Å². The molecule has 0 aromatic heterocycles. The molecule has 0 aliphatic heterocycles. The first-order valence-corrected chi connectivity index (χ1v) is 36.4. The number of ether oxygens (including phenoxy) is 2. The summed E-state index contributed by atoms with van der Waals surface area (Å²) in [6, 6.07) is 0. The van der Waals surface area contributed by atoms with Crippen LogP contribution in [0.4, 0.5) is 0 Å². The Morgan fingerprint density at radius 3 is 0.909 bits per heavy atom. The van der Waals surface area contributed by atoms with Gasteiger partial charge >= 0.3 is 19.8 Å². The number of allylic oxidation sites excluding steroid dienone is 28. The van der Waals surface area contributed by atoms with E-state index in [4.69, 9.17) is 18.5 Å². The van der Waals surface area contributed by atoms with Crippen molar-refractivity contribution in [1.82, 2.24) is 0 Å². The second kappa shape index (κ2) is 66.8. The predicted molar refractivity (Wildman–Crippen MR) is 380 cm³/mol. The van der Waals surface area contributed by atoms with Gasteiger partial charge in [-0.1, -0.05) is 287 Å². The molecule has 1 N–H and O–H groups in total. The summed E-state index contributed by atoms with van der Waals surface area (Å²) in [4.78, 5) is 35.9. The van der Waals surface area contributed by atoms with Crippen molar-refractivity contribution in [2.75, 3.05) is 47.5 Å². The number of carbonyl (C=O) groups excluding carboxylic acids is 2. The fraction of sp³-hybridized carbons (Fsp3) is 0.615. The molecule has 0 saturated carbocycles. The summed E-state index contributed by atoms with van der Waals surface area (Å²) in [5.74, 6) is -0.817. The maximum atomic E-state index is 12.9. The highest BCUT2D eigenvalue weighted by Crippen LogP contribution is 2.43. The molecule has 498 valence electrons. The van der Waals surface area contributed by atoms with E-state index in [1.807, 2.05) is 21.1 Å². The van der Waals surface area contributed by atoms with Gasteiger partial charge < -0.3 is 18.9 Å². The van der Waals surface area contributed by atoms with E-state index in [0.717, 1.165) is 135 Å². The minimum atomic E-state index is -4.41. The molecule has 0 heterocycles. The van der Waals surface area contributed by atoms with E-state index >= 15 is 0 Å². The van der Waals surface area contributed by atoms with Crippen molar-refractivity contribution in [3.8, 4) is 0 Å². The summed E-state index contributed by atoms with van der Waals surface area (Å²) < 4.78 is 34.7. The average molecular weight is 1240 g/mol. The molecule has 0 aromatic rings. The van der Waals surface area contributed by atoms with E-state index in [0.29, 0.717) is 17.4 Å². The van der Waals surface area contributed by atoms with E-state index in [9.17, 15) is 19.0 Å². The maximum absolute atomic E-state index is 12.9. The van der Waals surface area contributed by atoms with E-state index < -0.39 is 26.5 Å². The fourth-order valence-electron chi connectivity index (χ4n) is 8.98. The molecule has 10 heteroatoms. The quantitative estimate of drug-likeness (QED) is 0.0211. The normalized spacial score (nSPS) is 14.2. The first kappa shape index (κ1) is 83.4. The molecule has 0 spiro atoms. The van der Waals surface area contributed by atoms with Gasteiger partial charge in [0.15, 0.2) is 6.10 Å². The van der Waals surface area contributed by atoms with E-state index in [2.05, 4.69) is 184 Å². The zero-order chi connectivity index (χ0) is 64.1. The Bertz CT molecular complexity index is 2090. The molecule has 0 aliphatic carbocycles. The monoisotopic (exact) mass is 1240 g/mol. The van der Waals surface area contributed by atoms with E-state index in [1.54, 1.807) is 0 Å². The molecule has 0 amide bonds. The summed E-state index contributed by atoms with van der Waals surface area (Å²) >= 11 is 0. The Morgan fingerprint density at radius 2 is 0.614 bits per heavy atom. The largest absolute Gasteiger partial charge is 0.472 e. The van der Waals surface area contributed by atoms with Crippen LogP contribution in [0.2, 0.25) is 0 Å². The molecule has 0 aromatic carbocycles. The van der Waals surface area contributed by atoms with Crippen LogP contribution in [-0.2, 0) is 32.7 Å². The fourth-order valence-corrected chi connectivity index (χ4v) is 9.72. The van der Waals surface area contributed by atoms with Crippen LogP contribution >= 0.6 is 7.82 Å². The maximum Gasteiger partial charge on any atom is 0.472 e. The molecular weight excluding hydrogens is 1110 g/mol. The number of hydrogen-bond donors (Lipinski definition) is 1. The number of unbranched alkanes of at least 4 members (excludes halogenated alkanes) is 20. The number of hydrogen-bond acceptors (Lipinski definition) is 7. The zero-order valence-corrected chi connectivity index (χ0v) is 57.5. The molecule has 0 saturated heterocycles. The lowest BCUT2D eigenvalue weighted by atomic mass is 10.0. The summed E-state index contributed by atoms with van der Waals surface area (Å²) in [6.45, 7) is 4.19. The number of carbonyl (C=O) groups is 2. The SMILES string of the molecule is CC/C=C\C/C=C\C/C=C\C/C=C\C/C=C\C/C=C\C/C=C\C/C=C\C/C=C\C/C=C\CCCCCCCCCCC(=O)OC(COC(=O)CCCCCCCCCCCCCC/C=C\C/C=C\C/C=C\C/C=C\CC)COP(=O)(O)OCC[N+](C)(C)C. The van der Waals surface area contributed by atoms with Gasteiger partial charge in [0.05, 0.1) is 27.7 Å². The first-order valence-electron chi connectivity index (χ1n) is 34.9. The van der Waals surface area contributed by atoms with Crippen LogP contribution in [0.5, 0.6) is 0 Å². The molecule has 0 radical (unpaired) electrons. The summed E-state index contributed by atoms with van der Waals surface area (Å²) in [5, 5.41) is 0. The molecule has 2 unspecified atom stereocenters. The summed E-state index contributed by atoms with van der Waals surface area (Å²) in [7, 11) is 1.45. The highest BCUT2D eigenvalue weighted by Gasteiger charge is 2.27. The van der Waals surface area contributed by atoms with Gasteiger partial charge in [-0.3, -0.25) is 18.6 Å². The molecule has 88 heavy (non-hydrogen) atoms. The van der Waals surface area contributed by atoms with Crippen LogP contribution in [0.1, 0.15) is 258 Å². The van der Waals surface area contributed by atoms with E-state index in [-0.39, 0.29) is 32.0 Å². The van der Waals surface area contributed by atoms with Crippen molar-refractivity contribution in [2.24, 2.45) is 0 Å². The topological polar surface area (TPSA) is 108 Å².